The monoisotopic (exact) mass is 467 g/mol. The van der Waals surface area contributed by atoms with Crippen molar-refractivity contribution in [2.75, 3.05) is 20.0 Å². The van der Waals surface area contributed by atoms with Gasteiger partial charge in [-0.05, 0) is 74.3 Å². The lowest BCUT2D eigenvalue weighted by molar-refractivity contribution is 0.102. The van der Waals surface area contributed by atoms with Crippen LogP contribution in [0.15, 0.2) is 46.2 Å². The maximum Gasteiger partial charge on any atom is 0.200 e. The van der Waals surface area contributed by atoms with E-state index in [1.807, 2.05) is 12.1 Å². The topological polar surface area (TPSA) is 79.4 Å². The molecule has 4 atom stereocenters. The summed E-state index contributed by atoms with van der Waals surface area (Å²) >= 11 is 1.42. The molecule has 3 aromatic rings. The van der Waals surface area contributed by atoms with Crippen LogP contribution in [-0.2, 0) is 0 Å². The zero-order valence-corrected chi connectivity index (χ0v) is 20.0. The summed E-state index contributed by atoms with van der Waals surface area (Å²) in [6.45, 7) is 2.27. The fraction of sp³-hybridized carbons (Fsp3) is 0.480. The highest BCUT2D eigenvalue weighted by Crippen LogP contribution is 2.53. The first-order chi connectivity index (χ1) is 16.1. The Bertz CT molecular complexity index is 1130. The number of thioether (sulfide) groups is 1. The molecule has 7 nitrogen and oxygen atoms in total. The Morgan fingerprint density at radius 2 is 2.03 bits per heavy atom. The van der Waals surface area contributed by atoms with Gasteiger partial charge in [0.25, 0.3) is 0 Å². The van der Waals surface area contributed by atoms with E-state index in [-0.39, 0.29) is 17.6 Å². The second kappa shape index (κ2) is 9.25. The Labute approximate surface area is 197 Å². The number of rotatable bonds is 9. The largest absolute Gasteiger partial charge is 0.493 e. The molecule has 2 heterocycles. The predicted octanol–water partition coefficient (Wildman–Crippen LogP) is 5.53. The molecule has 8 heteroatoms. The molecule has 0 amide bonds. The van der Waals surface area contributed by atoms with Gasteiger partial charge in [-0.25, -0.2) is 0 Å². The summed E-state index contributed by atoms with van der Waals surface area (Å²) in [5.41, 5.74) is 0.582. The first-order valence-corrected chi connectivity index (χ1v) is 12.4. The van der Waals surface area contributed by atoms with Crippen molar-refractivity contribution >= 4 is 17.5 Å². The van der Waals surface area contributed by atoms with Gasteiger partial charge in [-0.15, -0.1) is 10.2 Å². The van der Waals surface area contributed by atoms with E-state index < -0.39 is 0 Å². The Hall–Kier alpha value is -2.74. The number of carbonyl (C=O) groups is 1. The quantitative estimate of drug-likeness (QED) is 0.302. The minimum Gasteiger partial charge on any atom is -0.493 e. The third-order valence-corrected chi connectivity index (χ3v) is 8.21. The standard InChI is InChI=1S/C25H29N3O4S/c1-15(19-12-16-6-7-17(19)11-16)28-24(22-5-4-10-32-22)26-27-25(28)33-14-20(29)18-8-9-21(30-2)23(13-18)31-3/h4-5,8-10,13,15-17,19H,6-7,11-12,14H2,1-3H3/t15-,16+,17+,19+/m1/s1. The lowest BCUT2D eigenvalue weighted by Crippen LogP contribution is -2.23. The van der Waals surface area contributed by atoms with Crippen LogP contribution in [0.2, 0.25) is 0 Å². The van der Waals surface area contributed by atoms with E-state index in [0.717, 1.165) is 22.8 Å². The van der Waals surface area contributed by atoms with Crippen LogP contribution in [-0.4, -0.2) is 40.5 Å². The molecule has 174 valence electrons. The van der Waals surface area contributed by atoms with Crippen LogP contribution in [0.5, 0.6) is 11.5 Å². The fourth-order valence-corrected chi connectivity index (χ4v) is 6.53. The minimum absolute atomic E-state index is 0.00243. The molecule has 5 rings (SSSR count). The van der Waals surface area contributed by atoms with Gasteiger partial charge in [0, 0.05) is 11.6 Å². The highest BCUT2D eigenvalue weighted by molar-refractivity contribution is 7.99. The molecular weight excluding hydrogens is 438 g/mol. The Morgan fingerprint density at radius 3 is 2.70 bits per heavy atom. The zero-order chi connectivity index (χ0) is 22.9. The van der Waals surface area contributed by atoms with Crippen molar-refractivity contribution in [3.8, 4) is 23.1 Å². The van der Waals surface area contributed by atoms with Crippen LogP contribution in [0.25, 0.3) is 11.6 Å². The summed E-state index contributed by atoms with van der Waals surface area (Å²) in [5, 5.41) is 9.69. The number of aromatic nitrogens is 3. The number of fused-ring (bicyclic) bond motifs is 2. The second-order valence-electron chi connectivity index (χ2n) is 9.01. The number of Topliss-reactive ketones (excluding diaryl/α,β-unsaturated/α-hetero) is 1. The average molecular weight is 468 g/mol. The molecule has 2 fully saturated rings. The third-order valence-electron chi connectivity index (χ3n) is 7.26. The van der Waals surface area contributed by atoms with Crippen molar-refractivity contribution in [1.82, 2.24) is 14.8 Å². The number of ketones is 1. The number of hydrogen-bond acceptors (Lipinski definition) is 7. The number of benzene rings is 1. The Balaban J connectivity index is 1.39. The Morgan fingerprint density at radius 1 is 1.18 bits per heavy atom. The Kier molecular flexibility index (Phi) is 6.19. The lowest BCUT2D eigenvalue weighted by Gasteiger charge is -2.30. The van der Waals surface area contributed by atoms with Crippen LogP contribution in [0, 0.1) is 17.8 Å². The first kappa shape index (κ1) is 22.1. The van der Waals surface area contributed by atoms with Crippen LogP contribution < -0.4 is 9.47 Å². The highest BCUT2D eigenvalue weighted by atomic mass is 32.2. The summed E-state index contributed by atoms with van der Waals surface area (Å²) in [4.78, 5) is 13.0. The normalized spacial score (nSPS) is 22.5. The first-order valence-electron chi connectivity index (χ1n) is 11.5. The smallest absolute Gasteiger partial charge is 0.200 e. The molecule has 2 aliphatic rings. The molecule has 0 N–H and O–H groups in total. The SMILES string of the molecule is COc1ccc(C(=O)CSc2nnc(-c3ccco3)n2[C@H](C)[C@@H]2C[C@H]3CC[C@H]2C3)cc1OC. The van der Waals surface area contributed by atoms with Gasteiger partial charge < -0.3 is 13.9 Å². The van der Waals surface area contributed by atoms with Crippen molar-refractivity contribution in [2.24, 2.45) is 17.8 Å². The summed E-state index contributed by atoms with van der Waals surface area (Å²) < 4.78 is 18.5. The molecule has 0 spiro atoms. The zero-order valence-electron chi connectivity index (χ0n) is 19.2. The number of hydrogen-bond donors (Lipinski definition) is 0. The number of furan rings is 1. The minimum atomic E-state index is 0.00243. The van der Waals surface area contributed by atoms with E-state index in [1.54, 1.807) is 38.7 Å². The summed E-state index contributed by atoms with van der Waals surface area (Å²) in [6, 6.07) is 9.26. The second-order valence-corrected chi connectivity index (χ2v) is 9.96. The number of carbonyl (C=O) groups excluding carboxylic acids is 1. The lowest BCUT2D eigenvalue weighted by atomic mass is 9.84. The van der Waals surface area contributed by atoms with Crippen LogP contribution in [0.1, 0.15) is 49.0 Å². The molecule has 0 radical (unpaired) electrons. The maximum atomic E-state index is 13.0. The molecule has 0 unspecified atom stereocenters. The van der Waals surface area contributed by atoms with Crippen molar-refractivity contribution in [1.29, 1.82) is 0 Å². The molecule has 1 aromatic carbocycles. The van der Waals surface area contributed by atoms with Gasteiger partial charge in [-0.2, -0.15) is 0 Å². The number of methoxy groups -OCH3 is 2. The van der Waals surface area contributed by atoms with Gasteiger partial charge in [-0.3, -0.25) is 9.36 Å². The van der Waals surface area contributed by atoms with Gasteiger partial charge in [0.1, 0.15) is 0 Å². The molecular formula is C25H29N3O4S. The van der Waals surface area contributed by atoms with Crippen molar-refractivity contribution in [3.05, 3.63) is 42.2 Å². The molecule has 2 bridgehead atoms. The van der Waals surface area contributed by atoms with Gasteiger partial charge in [0.05, 0.1) is 26.2 Å². The van der Waals surface area contributed by atoms with E-state index >= 15 is 0 Å². The van der Waals surface area contributed by atoms with Crippen LogP contribution in [0.3, 0.4) is 0 Å². The van der Waals surface area contributed by atoms with Gasteiger partial charge in [-0.1, -0.05) is 18.2 Å². The van der Waals surface area contributed by atoms with Crippen LogP contribution in [0.4, 0.5) is 0 Å². The third kappa shape index (κ3) is 4.16. The summed E-state index contributed by atoms with van der Waals surface area (Å²) in [5.74, 6) is 5.07. The van der Waals surface area contributed by atoms with Crippen molar-refractivity contribution in [3.63, 3.8) is 0 Å². The fourth-order valence-electron chi connectivity index (χ4n) is 5.62. The average Bonchev–Trinajstić information content (AvgIpc) is 3.65. The van der Waals surface area contributed by atoms with E-state index in [0.29, 0.717) is 28.7 Å². The molecule has 2 aliphatic carbocycles. The van der Waals surface area contributed by atoms with Gasteiger partial charge in [0.15, 0.2) is 28.2 Å². The predicted molar refractivity (Wildman–Crippen MR) is 126 cm³/mol. The van der Waals surface area contributed by atoms with E-state index in [2.05, 4.69) is 21.7 Å². The number of nitrogens with zero attached hydrogens (tertiary/aromatic N) is 3. The molecule has 33 heavy (non-hydrogen) atoms. The molecule has 2 aromatic heterocycles. The van der Waals surface area contributed by atoms with Gasteiger partial charge >= 0.3 is 0 Å². The maximum absolute atomic E-state index is 13.0. The molecule has 0 aliphatic heterocycles. The summed E-state index contributed by atoms with van der Waals surface area (Å²) in [6.07, 6.45) is 6.94. The molecule has 2 saturated carbocycles. The van der Waals surface area contributed by atoms with E-state index in [1.165, 1.54) is 37.4 Å². The van der Waals surface area contributed by atoms with E-state index in [4.69, 9.17) is 13.9 Å². The van der Waals surface area contributed by atoms with Gasteiger partial charge in [0.2, 0.25) is 5.82 Å². The highest BCUT2D eigenvalue weighted by Gasteiger charge is 2.43. The summed E-state index contributed by atoms with van der Waals surface area (Å²) in [7, 11) is 3.15. The van der Waals surface area contributed by atoms with Crippen molar-refractivity contribution < 1.29 is 18.7 Å². The molecule has 0 saturated heterocycles. The number of ether oxygens (including phenoxy) is 2. The van der Waals surface area contributed by atoms with Crippen LogP contribution >= 0.6 is 11.8 Å². The van der Waals surface area contributed by atoms with E-state index in [9.17, 15) is 4.79 Å². The van der Waals surface area contributed by atoms with Crippen molar-refractivity contribution in [2.45, 2.75) is 43.8 Å².